The lowest BCUT2D eigenvalue weighted by atomic mass is 9.85. The number of rotatable bonds is 8. The Hall–Kier alpha value is -4.14. The molecule has 0 spiro atoms. The molecule has 0 aromatic heterocycles. The number of anilines is 2. The fraction of sp³-hybridized carbons (Fsp3) is 0.308. The number of carbonyl (C=O) groups excluding carboxylic acids is 4. The molecule has 35 heavy (non-hydrogen) atoms. The van der Waals surface area contributed by atoms with Crippen LogP contribution in [0.5, 0.6) is 11.5 Å². The number of nitrogens with zero attached hydrogens (tertiary/aromatic N) is 1. The zero-order valence-corrected chi connectivity index (χ0v) is 19.6. The molecule has 2 aliphatic rings. The van der Waals surface area contributed by atoms with Gasteiger partial charge < -0.3 is 20.1 Å². The summed E-state index contributed by atoms with van der Waals surface area (Å²) in [5.74, 6) is -1.14. The predicted molar refractivity (Wildman–Crippen MR) is 129 cm³/mol. The van der Waals surface area contributed by atoms with Gasteiger partial charge in [0.25, 0.3) is 5.91 Å². The van der Waals surface area contributed by atoms with E-state index in [1.165, 1.54) is 19.1 Å². The topological polar surface area (TPSA) is 114 Å². The normalized spacial score (nSPS) is 18.7. The minimum Gasteiger partial charge on any atom is -0.494 e. The van der Waals surface area contributed by atoms with Crippen molar-refractivity contribution in [2.75, 3.05) is 31.4 Å². The maximum absolute atomic E-state index is 12.7. The van der Waals surface area contributed by atoms with Crippen LogP contribution < -0.4 is 20.1 Å². The van der Waals surface area contributed by atoms with Gasteiger partial charge >= 0.3 is 0 Å². The number of imide groups is 1. The van der Waals surface area contributed by atoms with E-state index in [-0.39, 0.29) is 48.4 Å². The lowest BCUT2D eigenvalue weighted by Gasteiger charge is -2.17. The lowest BCUT2D eigenvalue weighted by Crippen LogP contribution is -2.34. The second kappa shape index (κ2) is 10.4. The van der Waals surface area contributed by atoms with Crippen molar-refractivity contribution < 1.29 is 28.7 Å². The maximum Gasteiger partial charge on any atom is 0.255 e. The molecule has 4 rings (SSSR count). The number of methoxy groups -OCH3 is 2. The van der Waals surface area contributed by atoms with E-state index >= 15 is 0 Å². The Morgan fingerprint density at radius 2 is 1.43 bits per heavy atom. The van der Waals surface area contributed by atoms with Crippen molar-refractivity contribution in [1.29, 1.82) is 0 Å². The second-order valence-corrected chi connectivity index (χ2v) is 8.36. The molecule has 4 amide bonds. The molecule has 182 valence electrons. The molecular formula is C26H27N3O6. The smallest absolute Gasteiger partial charge is 0.255 e. The Labute approximate surface area is 203 Å². The zero-order chi connectivity index (χ0) is 24.9. The van der Waals surface area contributed by atoms with E-state index in [0.717, 1.165) is 0 Å². The van der Waals surface area contributed by atoms with Gasteiger partial charge in [0.15, 0.2) is 0 Å². The highest BCUT2D eigenvalue weighted by Gasteiger charge is 2.46. The quantitative estimate of drug-likeness (QED) is 0.446. The number of likely N-dealkylation sites (tertiary alicyclic amines) is 1. The van der Waals surface area contributed by atoms with Gasteiger partial charge in [-0.1, -0.05) is 30.4 Å². The van der Waals surface area contributed by atoms with Crippen LogP contribution in [0.4, 0.5) is 11.4 Å². The number of carbonyl (C=O) groups is 4. The highest BCUT2D eigenvalue weighted by atomic mass is 16.5. The van der Waals surface area contributed by atoms with E-state index in [0.29, 0.717) is 41.3 Å². The molecule has 2 atom stereocenters. The Kier molecular flexibility index (Phi) is 7.14. The standard InChI is InChI=1S/C26H27N3O6/c1-34-21-15-20(28-24(31)16-8-4-3-5-9-16)22(35-2)14-19(21)27-23(30)12-13-29-25(32)17-10-6-7-11-18(17)26(29)33/h3-9,14-15,17-18H,10-13H2,1-2H3,(H,27,30)(H,28,31). The Morgan fingerprint density at radius 1 is 0.886 bits per heavy atom. The molecule has 0 bridgehead atoms. The molecule has 9 nitrogen and oxygen atoms in total. The van der Waals surface area contributed by atoms with E-state index < -0.39 is 0 Å². The van der Waals surface area contributed by atoms with Crippen molar-refractivity contribution in [1.82, 2.24) is 4.90 Å². The number of benzene rings is 2. The lowest BCUT2D eigenvalue weighted by molar-refractivity contribution is -0.140. The van der Waals surface area contributed by atoms with Crippen LogP contribution in [-0.4, -0.2) is 49.3 Å². The Morgan fingerprint density at radius 3 is 1.97 bits per heavy atom. The number of fused-ring (bicyclic) bond motifs is 1. The minimum atomic E-state index is -0.389. The Bertz CT molecular complexity index is 1150. The molecule has 2 aromatic rings. The predicted octanol–water partition coefficient (Wildman–Crippen LogP) is 3.24. The van der Waals surface area contributed by atoms with E-state index in [4.69, 9.17) is 9.47 Å². The third-order valence-corrected chi connectivity index (χ3v) is 6.24. The first-order valence-corrected chi connectivity index (χ1v) is 11.4. The van der Waals surface area contributed by atoms with Gasteiger partial charge in [-0.3, -0.25) is 24.1 Å². The zero-order valence-electron chi connectivity index (χ0n) is 19.6. The largest absolute Gasteiger partial charge is 0.494 e. The monoisotopic (exact) mass is 477 g/mol. The first kappa shape index (κ1) is 24.0. The summed E-state index contributed by atoms with van der Waals surface area (Å²) in [6, 6.07) is 11.8. The van der Waals surface area contributed by atoms with E-state index in [1.807, 2.05) is 18.2 Å². The van der Waals surface area contributed by atoms with E-state index in [9.17, 15) is 19.2 Å². The summed E-state index contributed by atoms with van der Waals surface area (Å²) in [6.07, 6.45) is 4.91. The summed E-state index contributed by atoms with van der Waals surface area (Å²) < 4.78 is 10.8. The highest BCUT2D eigenvalue weighted by Crippen LogP contribution is 2.37. The summed E-state index contributed by atoms with van der Waals surface area (Å²) in [5, 5.41) is 5.53. The van der Waals surface area contributed by atoms with Gasteiger partial charge in [-0.25, -0.2) is 0 Å². The fourth-order valence-corrected chi connectivity index (χ4v) is 4.39. The molecule has 1 heterocycles. The third-order valence-electron chi connectivity index (χ3n) is 6.24. The van der Waals surface area contributed by atoms with Crippen molar-refractivity contribution >= 4 is 35.0 Å². The second-order valence-electron chi connectivity index (χ2n) is 8.36. The molecule has 1 saturated heterocycles. The van der Waals surface area contributed by atoms with Crippen LogP contribution in [0.2, 0.25) is 0 Å². The number of ether oxygens (including phenoxy) is 2. The van der Waals surface area contributed by atoms with Crippen LogP contribution in [0.25, 0.3) is 0 Å². The average molecular weight is 478 g/mol. The molecular weight excluding hydrogens is 450 g/mol. The van der Waals surface area contributed by atoms with Crippen molar-refractivity contribution in [3.05, 3.63) is 60.2 Å². The van der Waals surface area contributed by atoms with Gasteiger partial charge in [0.05, 0.1) is 37.4 Å². The van der Waals surface area contributed by atoms with Crippen molar-refractivity contribution in [3.8, 4) is 11.5 Å². The number of allylic oxidation sites excluding steroid dienone is 2. The first-order valence-electron chi connectivity index (χ1n) is 11.4. The van der Waals surface area contributed by atoms with Crippen molar-refractivity contribution in [2.24, 2.45) is 11.8 Å². The first-order chi connectivity index (χ1) is 16.9. The van der Waals surface area contributed by atoms with Gasteiger partial charge in [0.2, 0.25) is 17.7 Å². The number of amides is 4. The van der Waals surface area contributed by atoms with Crippen LogP contribution in [0.1, 0.15) is 29.6 Å². The Balaban J connectivity index is 1.43. The van der Waals surface area contributed by atoms with Gasteiger partial charge in [-0.05, 0) is 25.0 Å². The molecule has 1 aliphatic heterocycles. The minimum absolute atomic E-state index is 0.0150. The number of nitrogens with one attached hydrogen (secondary N) is 2. The van der Waals surface area contributed by atoms with Gasteiger partial charge in [0.1, 0.15) is 11.5 Å². The summed E-state index contributed by atoms with van der Waals surface area (Å²) in [7, 11) is 2.89. The highest BCUT2D eigenvalue weighted by molar-refractivity contribution is 6.07. The molecule has 9 heteroatoms. The van der Waals surface area contributed by atoms with Crippen molar-refractivity contribution in [2.45, 2.75) is 19.3 Å². The molecule has 1 aliphatic carbocycles. The third kappa shape index (κ3) is 5.03. The van der Waals surface area contributed by atoms with Gasteiger partial charge in [-0.2, -0.15) is 0 Å². The SMILES string of the molecule is COc1cc(NC(=O)c2ccccc2)c(OC)cc1NC(=O)CCN1C(=O)C2CC=CCC2C1=O. The number of hydrogen-bond acceptors (Lipinski definition) is 6. The molecule has 0 saturated carbocycles. The van der Waals surface area contributed by atoms with Gasteiger partial charge in [0, 0.05) is 30.7 Å². The molecule has 2 N–H and O–H groups in total. The summed E-state index contributed by atoms with van der Waals surface area (Å²) >= 11 is 0. The molecule has 2 unspecified atom stereocenters. The number of hydrogen-bond donors (Lipinski definition) is 2. The van der Waals surface area contributed by atoms with Crippen molar-refractivity contribution in [3.63, 3.8) is 0 Å². The van der Waals surface area contributed by atoms with E-state index in [2.05, 4.69) is 10.6 Å². The van der Waals surface area contributed by atoms with Crippen LogP contribution in [0, 0.1) is 11.8 Å². The van der Waals surface area contributed by atoms with E-state index in [1.54, 1.807) is 36.4 Å². The summed E-state index contributed by atoms with van der Waals surface area (Å²) in [6.45, 7) is 0.0150. The van der Waals surface area contributed by atoms with Crippen LogP contribution >= 0.6 is 0 Å². The molecule has 0 radical (unpaired) electrons. The van der Waals surface area contributed by atoms with Gasteiger partial charge in [-0.15, -0.1) is 0 Å². The fourth-order valence-electron chi connectivity index (χ4n) is 4.39. The summed E-state index contributed by atoms with van der Waals surface area (Å²) in [4.78, 5) is 51.6. The van der Waals surface area contributed by atoms with Crippen LogP contribution in [-0.2, 0) is 14.4 Å². The average Bonchev–Trinajstić information content (AvgIpc) is 3.13. The van der Waals surface area contributed by atoms with Crippen LogP contribution in [0.15, 0.2) is 54.6 Å². The molecule has 1 fully saturated rings. The maximum atomic E-state index is 12.7. The summed E-state index contributed by atoms with van der Waals surface area (Å²) in [5.41, 5.74) is 1.19. The molecule has 2 aromatic carbocycles. The van der Waals surface area contributed by atoms with Crippen LogP contribution in [0.3, 0.4) is 0 Å².